The van der Waals surface area contributed by atoms with Crippen LogP contribution in [0.25, 0.3) is 0 Å². The normalized spacial score (nSPS) is 24.8. The van der Waals surface area contributed by atoms with Crippen molar-refractivity contribution >= 4 is 17.7 Å². The minimum atomic E-state index is -1.01. The van der Waals surface area contributed by atoms with Crippen LogP contribution < -0.4 is 0 Å². The summed E-state index contributed by atoms with van der Waals surface area (Å²) >= 11 is 0. The third-order valence-electron chi connectivity index (χ3n) is 6.49. The Morgan fingerprint density at radius 1 is 1.19 bits per heavy atom. The molecule has 0 aromatic heterocycles. The van der Waals surface area contributed by atoms with Crippen molar-refractivity contribution in [2.75, 3.05) is 27.3 Å². The van der Waals surface area contributed by atoms with Crippen LogP contribution in [0.3, 0.4) is 0 Å². The topological polar surface area (TPSA) is 68.2 Å². The number of fused-ring (bicyclic) bond motifs is 2. The highest BCUT2D eigenvalue weighted by Gasteiger charge is 2.52. The number of rotatable bonds is 6. The molecule has 1 aromatic rings. The highest BCUT2D eigenvalue weighted by atomic mass is 16.5. The van der Waals surface area contributed by atoms with Gasteiger partial charge in [-0.2, -0.15) is 0 Å². The summed E-state index contributed by atoms with van der Waals surface area (Å²) in [6.45, 7) is 2.94. The van der Waals surface area contributed by atoms with Crippen LogP contribution in [-0.2, 0) is 25.5 Å². The molecule has 1 saturated heterocycles. The quantitative estimate of drug-likeness (QED) is 0.661. The first-order valence-electron chi connectivity index (χ1n) is 10.6. The minimum absolute atomic E-state index is 0.114. The first-order valence-corrected chi connectivity index (χ1v) is 10.6. The van der Waals surface area contributed by atoms with Gasteiger partial charge in [0, 0.05) is 36.7 Å². The maximum absolute atomic E-state index is 13.2. The number of carbonyl (C=O) groups excluding carboxylic acids is 2. The molecule has 2 aliphatic heterocycles. The van der Waals surface area contributed by atoms with Crippen LogP contribution in [0.5, 0.6) is 0 Å². The fraction of sp³-hybridized carbons (Fsp3) is 0.400. The third-order valence-corrected chi connectivity index (χ3v) is 6.49. The van der Waals surface area contributed by atoms with E-state index in [1.165, 1.54) is 19.8 Å². The van der Waals surface area contributed by atoms with Crippen LogP contribution >= 0.6 is 0 Å². The standard InChI is InChI=1S/C25H28N2O4/c1-25(24(29)31-3)23-20(12-14-27(25)15-13-21(28)30-2)26-19-11-7-10-18(22(19)23)16-17-8-5-4-6-9-17/h4-11,18H,12-16H2,1-3H3. The van der Waals surface area contributed by atoms with Crippen molar-refractivity contribution in [3.05, 3.63) is 71.0 Å². The fourth-order valence-electron chi connectivity index (χ4n) is 4.90. The predicted molar refractivity (Wildman–Crippen MR) is 119 cm³/mol. The minimum Gasteiger partial charge on any atom is -0.469 e. The summed E-state index contributed by atoms with van der Waals surface area (Å²) in [5.41, 5.74) is 4.14. The number of aliphatic imine (C=N–C) groups is 1. The second-order valence-electron chi connectivity index (χ2n) is 8.21. The van der Waals surface area contributed by atoms with E-state index in [2.05, 4.69) is 24.3 Å². The molecule has 0 saturated carbocycles. The van der Waals surface area contributed by atoms with Gasteiger partial charge in [-0.05, 0) is 30.6 Å². The average Bonchev–Trinajstić information content (AvgIpc) is 3.19. The Morgan fingerprint density at radius 3 is 2.68 bits per heavy atom. The molecule has 6 heteroatoms. The number of hydrogen-bond donors (Lipinski definition) is 0. The zero-order chi connectivity index (χ0) is 22.0. The van der Waals surface area contributed by atoms with E-state index in [4.69, 9.17) is 14.5 Å². The second-order valence-corrected chi connectivity index (χ2v) is 8.21. The third kappa shape index (κ3) is 3.76. The number of carbonyl (C=O) groups is 2. The van der Waals surface area contributed by atoms with Crippen LogP contribution in [0.1, 0.15) is 25.3 Å². The predicted octanol–water partition coefficient (Wildman–Crippen LogP) is 3.25. The van der Waals surface area contributed by atoms with Crippen LogP contribution in [0.15, 0.2) is 70.4 Å². The number of likely N-dealkylation sites (tertiary alicyclic amines) is 1. The number of nitrogens with zero attached hydrogens (tertiary/aromatic N) is 2. The SMILES string of the molecule is COC(=O)CCN1CCC2=NC3=CC=CC(Cc4ccccc4)C3=C2C1(C)C(=O)OC. The molecule has 0 radical (unpaired) electrons. The summed E-state index contributed by atoms with van der Waals surface area (Å²) in [4.78, 5) is 31.9. The zero-order valence-electron chi connectivity index (χ0n) is 18.3. The van der Waals surface area contributed by atoms with Crippen molar-refractivity contribution < 1.29 is 19.1 Å². The van der Waals surface area contributed by atoms with Gasteiger partial charge in [-0.1, -0.05) is 42.5 Å². The van der Waals surface area contributed by atoms with Crippen molar-refractivity contribution in [2.45, 2.75) is 31.7 Å². The molecule has 1 aliphatic carbocycles. The van der Waals surface area contributed by atoms with Crippen molar-refractivity contribution in [3.8, 4) is 0 Å². The van der Waals surface area contributed by atoms with Gasteiger partial charge < -0.3 is 9.47 Å². The number of piperidine rings is 1. The Balaban J connectivity index is 1.77. The zero-order valence-corrected chi connectivity index (χ0v) is 18.3. The monoisotopic (exact) mass is 420 g/mol. The fourth-order valence-corrected chi connectivity index (χ4v) is 4.90. The Morgan fingerprint density at radius 2 is 1.97 bits per heavy atom. The smallest absolute Gasteiger partial charge is 0.330 e. The summed E-state index contributed by atoms with van der Waals surface area (Å²) in [5, 5.41) is 0. The van der Waals surface area contributed by atoms with E-state index in [0.29, 0.717) is 13.1 Å². The Labute approximate surface area is 182 Å². The summed E-state index contributed by atoms with van der Waals surface area (Å²) in [6, 6.07) is 10.3. The van der Waals surface area contributed by atoms with Gasteiger partial charge in [0.15, 0.2) is 0 Å². The lowest BCUT2D eigenvalue weighted by Gasteiger charge is -2.44. The van der Waals surface area contributed by atoms with Crippen molar-refractivity contribution in [1.29, 1.82) is 0 Å². The van der Waals surface area contributed by atoms with Crippen molar-refractivity contribution in [1.82, 2.24) is 4.90 Å². The molecular weight excluding hydrogens is 392 g/mol. The molecule has 2 unspecified atom stereocenters. The van der Waals surface area contributed by atoms with Gasteiger partial charge in [-0.3, -0.25) is 14.7 Å². The molecule has 162 valence electrons. The number of methoxy groups -OCH3 is 2. The van der Waals surface area contributed by atoms with Crippen LogP contribution in [0, 0.1) is 5.92 Å². The summed E-state index contributed by atoms with van der Waals surface area (Å²) in [5.74, 6) is -0.511. The lowest BCUT2D eigenvalue weighted by atomic mass is 9.74. The molecule has 4 rings (SSSR count). The van der Waals surface area contributed by atoms with Gasteiger partial charge in [0.2, 0.25) is 0 Å². The molecule has 1 fully saturated rings. The van der Waals surface area contributed by atoms with Gasteiger partial charge >= 0.3 is 11.9 Å². The van der Waals surface area contributed by atoms with Crippen molar-refractivity contribution in [2.24, 2.45) is 10.9 Å². The second kappa shape index (κ2) is 8.63. The van der Waals surface area contributed by atoms with Crippen LogP contribution in [0.2, 0.25) is 0 Å². The Hall–Kier alpha value is -2.99. The van der Waals surface area contributed by atoms with Gasteiger partial charge in [-0.25, -0.2) is 4.79 Å². The first-order chi connectivity index (χ1) is 15.0. The summed E-state index contributed by atoms with van der Waals surface area (Å²) < 4.78 is 10.1. The van der Waals surface area contributed by atoms with E-state index in [0.717, 1.165) is 35.4 Å². The lowest BCUT2D eigenvalue weighted by Crippen LogP contribution is -2.60. The molecular formula is C25H28N2O4. The van der Waals surface area contributed by atoms with E-state index in [9.17, 15) is 9.59 Å². The maximum atomic E-state index is 13.2. The summed E-state index contributed by atoms with van der Waals surface area (Å²) in [7, 11) is 2.79. The van der Waals surface area contributed by atoms with E-state index in [1.807, 2.05) is 36.1 Å². The van der Waals surface area contributed by atoms with E-state index in [1.54, 1.807) is 0 Å². The highest BCUT2D eigenvalue weighted by Crippen LogP contribution is 2.46. The number of ether oxygens (including phenoxy) is 2. The molecule has 2 heterocycles. The number of esters is 2. The van der Waals surface area contributed by atoms with Crippen molar-refractivity contribution in [3.63, 3.8) is 0 Å². The molecule has 0 spiro atoms. The molecule has 6 nitrogen and oxygen atoms in total. The average molecular weight is 421 g/mol. The molecule has 31 heavy (non-hydrogen) atoms. The molecule has 0 bridgehead atoms. The van der Waals surface area contributed by atoms with E-state index in [-0.39, 0.29) is 24.3 Å². The molecule has 0 N–H and O–H groups in total. The van der Waals surface area contributed by atoms with Crippen LogP contribution in [-0.4, -0.2) is 55.4 Å². The van der Waals surface area contributed by atoms with Gasteiger partial charge in [0.1, 0.15) is 5.54 Å². The van der Waals surface area contributed by atoms with Crippen LogP contribution in [0.4, 0.5) is 0 Å². The van der Waals surface area contributed by atoms with E-state index >= 15 is 0 Å². The van der Waals surface area contributed by atoms with Gasteiger partial charge in [0.25, 0.3) is 0 Å². The molecule has 3 aliphatic rings. The number of hydrogen-bond acceptors (Lipinski definition) is 6. The lowest BCUT2D eigenvalue weighted by molar-refractivity contribution is -0.153. The van der Waals surface area contributed by atoms with E-state index < -0.39 is 5.54 Å². The van der Waals surface area contributed by atoms with Gasteiger partial charge in [0.05, 0.1) is 26.3 Å². The largest absolute Gasteiger partial charge is 0.469 e. The Bertz CT molecular complexity index is 1010. The highest BCUT2D eigenvalue weighted by molar-refractivity contribution is 6.13. The Kier molecular flexibility index (Phi) is 5.92. The molecule has 0 amide bonds. The number of allylic oxidation sites excluding steroid dienone is 4. The first kappa shape index (κ1) is 21.2. The van der Waals surface area contributed by atoms with Gasteiger partial charge in [-0.15, -0.1) is 0 Å². The maximum Gasteiger partial charge on any atom is 0.330 e. The summed E-state index contributed by atoms with van der Waals surface area (Å²) in [6.07, 6.45) is 8.03. The molecule has 2 atom stereocenters. The molecule has 1 aromatic carbocycles. The number of benzene rings is 1.